The number of anilines is 1. The highest BCUT2D eigenvalue weighted by atomic mass is 79.9. The van der Waals surface area contributed by atoms with Crippen LogP contribution in [0.15, 0.2) is 64.3 Å². The normalized spacial score (nSPS) is 17.5. The summed E-state index contributed by atoms with van der Waals surface area (Å²) in [7, 11) is 0. The number of rotatable bonds is 3. The first-order valence-electron chi connectivity index (χ1n) is 7.19. The number of ketones is 1. The fraction of sp³-hybridized carbons (Fsp3) is 0.111. The molecule has 0 unspecified atom stereocenters. The van der Waals surface area contributed by atoms with Gasteiger partial charge < -0.3 is 5.11 Å². The molecule has 122 valence electrons. The molecule has 3 rings (SSSR count). The number of hydrogen-bond acceptors (Lipinski definition) is 3. The Morgan fingerprint density at radius 3 is 2.46 bits per heavy atom. The van der Waals surface area contributed by atoms with Gasteiger partial charge in [-0.2, -0.15) is 0 Å². The van der Waals surface area contributed by atoms with E-state index >= 15 is 0 Å². The molecule has 0 saturated heterocycles. The Balaban J connectivity index is 2.18. The number of nitrogens with zero attached hydrogens (tertiary/aromatic N) is 1. The second-order valence-corrected chi connectivity index (χ2v) is 6.34. The summed E-state index contributed by atoms with van der Waals surface area (Å²) < 4.78 is 14.5. The van der Waals surface area contributed by atoms with E-state index in [0.29, 0.717) is 11.3 Å². The summed E-state index contributed by atoms with van der Waals surface area (Å²) >= 11 is 3.32. The lowest BCUT2D eigenvalue weighted by atomic mass is 9.96. The number of aliphatic hydroxyl groups excluding tert-OH is 1. The predicted molar refractivity (Wildman–Crippen MR) is 91.1 cm³/mol. The zero-order valence-corrected chi connectivity index (χ0v) is 14.2. The number of halogens is 2. The average Bonchev–Trinajstić information content (AvgIpc) is 2.80. The molecule has 0 spiro atoms. The highest BCUT2D eigenvalue weighted by Crippen LogP contribution is 2.41. The Hall–Kier alpha value is -2.47. The van der Waals surface area contributed by atoms with Gasteiger partial charge >= 0.3 is 0 Å². The zero-order valence-electron chi connectivity index (χ0n) is 12.7. The van der Waals surface area contributed by atoms with Gasteiger partial charge in [-0.05, 0) is 48.9 Å². The number of carbonyl (C=O) groups excluding carboxylic acids is 2. The molecule has 1 aliphatic rings. The van der Waals surface area contributed by atoms with Crippen LogP contribution in [0, 0.1) is 5.82 Å². The van der Waals surface area contributed by atoms with Gasteiger partial charge in [0.1, 0.15) is 5.82 Å². The lowest BCUT2D eigenvalue weighted by Gasteiger charge is -2.26. The topological polar surface area (TPSA) is 57.6 Å². The fourth-order valence-electron chi connectivity index (χ4n) is 2.82. The van der Waals surface area contributed by atoms with Gasteiger partial charge in [0.2, 0.25) is 0 Å². The van der Waals surface area contributed by atoms with E-state index in [9.17, 15) is 19.1 Å². The van der Waals surface area contributed by atoms with Crippen LogP contribution in [0.3, 0.4) is 0 Å². The molecule has 0 radical (unpaired) electrons. The van der Waals surface area contributed by atoms with Crippen molar-refractivity contribution in [3.63, 3.8) is 0 Å². The molecule has 1 atom stereocenters. The third kappa shape index (κ3) is 2.73. The monoisotopic (exact) mass is 389 g/mol. The zero-order chi connectivity index (χ0) is 17.4. The molecule has 6 heteroatoms. The Morgan fingerprint density at radius 2 is 1.88 bits per heavy atom. The number of benzene rings is 2. The molecule has 2 aromatic rings. The molecular formula is C18H13BrFNO3. The van der Waals surface area contributed by atoms with E-state index in [1.165, 1.54) is 30.0 Å². The standard InChI is InChI=1S/C18H13BrFNO3/c1-10(22)15-16(11-3-2-4-13(20)9-11)21(18(24)17(15)23)14-7-5-12(19)6-8-14/h2-9,16,23H,1H3/t16-/m0/s1. The minimum atomic E-state index is -0.869. The second-order valence-electron chi connectivity index (χ2n) is 5.43. The third-order valence-electron chi connectivity index (χ3n) is 3.86. The molecule has 4 nitrogen and oxygen atoms in total. The number of Topliss-reactive ketones (excluding diaryl/α,β-unsaturated/α-hetero) is 1. The summed E-state index contributed by atoms with van der Waals surface area (Å²) in [5, 5.41) is 10.2. The van der Waals surface area contributed by atoms with Crippen molar-refractivity contribution in [2.75, 3.05) is 4.90 Å². The second kappa shape index (κ2) is 6.20. The molecule has 1 heterocycles. The summed E-state index contributed by atoms with van der Waals surface area (Å²) in [6.45, 7) is 1.27. The van der Waals surface area contributed by atoms with E-state index in [4.69, 9.17) is 0 Å². The van der Waals surface area contributed by atoms with Gasteiger partial charge in [-0.15, -0.1) is 0 Å². The molecule has 0 aliphatic carbocycles. The van der Waals surface area contributed by atoms with Crippen molar-refractivity contribution in [3.8, 4) is 0 Å². The lowest BCUT2D eigenvalue weighted by molar-refractivity contribution is -0.117. The highest BCUT2D eigenvalue weighted by molar-refractivity contribution is 9.10. The van der Waals surface area contributed by atoms with Crippen LogP contribution >= 0.6 is 15.9 Å². The Labute approximate surface area is 146 Å². The van der Waals surface area contributed by atoms with Crippen LogP contribution in [0.25, 0.3) is 0 Å². The maximum Gasteiger partial charge on any atom is 0.294 e. The highest BCUT2D eigenvalue weighted by Gasteiger charge is 2.43. The first-order valence-corrected chi connectivity index (χ1v) is 7.98. The van der Waals surface area contributed by atoms with Crippen molar-refractivity contribution in [2.45, 2.75) is 13.0 Å². The van der Waals surface area contributed by atoms with Crippen LogP contribution in [-0.2, 0) is 9.59 Å². The third-order valence-corrected chi connectivity index (χ3v) is 4.39. The van der Waals surface area contributed by atoms with Crippen molar-refractivity contribution in [3.05, 3.63) is 75.7 Å². The number of carbonyl (C=O) groups is 2. The summed E-state index contributed by atoms with van der Waals surface area (Å²) in [6.07, 6.45) is 0. The van der Waals surface area contributed by atoms with Gasteiger partial charge in [-0.1, -0.05) is 28.1 Å². The molecule has 24 heavy (non-hydrogen) atoms. The summed E-state index contributed by atoms with van der Waals surface area (Å²) in [4.78, 5) is 25.8. The molecule has 0 saturated carbocycles. The first kappa shape index (κ1) is 16.4. The van der Waals surface area contributed by atoms with E-state index in [1.54, 1.807) is 30.3 Å². The van der Waals surface area contributed by atoms with Crippen molar-refractivity contribution in [2.24, 2.45) is 0 Å². The summed E-state index contributed by atoms with van der Waals surface area (Å²) in [5.74, 6) is -2.20. The van der Waals surface area contributed by atoms with Crippen molar-refractivity contribution in [1.82, 2.24) is 0 Å². The van der Waals surface area contributed by atoms with E-state index in [0.717, 1.165) is 4.47 Å². The van der Waals surface area contributed by atoms with Crippen LogP contribution in [-0.4, -0.2) is 16.8 Å². The largest absolute Gasteiger partial charge is 0.503 e. The van der Waals surface area contributed by atoms with Crippen molar-refractivity contribution >= 4 is 33.3 Å². The van der Waals surface area contributed by atoms with Crippen LogP contribution in [0.5, 0.6) is 0 Å². The summed E-state index contributed by atoms with van der Waals surface area (Å²) in [5.41, 5.74) is 0.884. The SMILES string of the molecule is CC(=O)C1=C(O)C(=O)N(c2ccc(Br)cc2)[C@H]1c1cccc(F)c1. The van der Waals surface area contributed by atoms with E-state index in [-0.39, 0.29) is 5.57 Å². The van der Waals surface area contributed by atoms with E-state index < -0.39 is 29.3 Å². The van der Waals surface area contributed by atoms with Crippen LogP contribution in [0.2, 0.25) is 0 Å². The Kier molecular flexibility index (Phi) is 4.24. The number of amides is 1. The van der Waals surface area contributed by atoms with Crippen LogP contribution < -0.4 is 4.90 Å². The minimum Gasteiger partial charge on any atom is -0.503 e. The number of hydrogen-bond donors (Lipinski definition) is 1. The first-order chi connectivity index (χ1) is 11.4. The Bertz CT molecular complexity index is 861. The smallest absolute Gasteiger partial charge is 0.294 e. The predicted octanol–water partition coefficient (Wildman–Crippen LogP) is 4.08. The van der Waals surface area contributed by atoms with Gasteiger partial charge in [-0.3, -0.25) is 14.5 Å². The molecule has 1 amide bonds. The number of aliphatic hydroxyl groups is 1. The summed E-state index contributed by atoms with van der Waals surface area (Å²) in [6, 6.07) is 11.6. The van der Waals surface area contributed by atoms with E-state index in [1.807, 2.05) is 0 Å². The maximum absolute atomic E-state index is 13.7. The van der Waals surface area contributed by atoms with Crippen molar-refractivity contribution < 1.29 is 19.1 Å². The minimum absolute atomic E-state index is 0.0338. The van der Waals surface area contributed by atoms with Gasteiger partial charge in [0.05, 0.1) is 11.6 Å². The van der Waals surface area contributed by atoms with Crippen LogP contribution in [0.1, 0.15) is 18.5 Å². The van der Waals surface area contributed by atoms with Crippen LogP contribution in [0.4, 0.5) is 10.1 Å². The molecule has 0 fully saturated rings. The molecular weight excluding hydrogens is 377 g/mol. The Morgan fingerprint density at radius 1 is 1.21 bits per heavy atom. The van der Waals surface area contributed by atoms with Gasteiger partial charge in [0.15, 0.2) is 11.5 Å². The molecule has 0 aromatic heterocycles. The van der Waals surface area contributed by atoms with Gasteiger partial charge in [-0.25, -0.2) is 4.39 Å². The molecule has 1 aliphatic heterocycles. The van der Waals surface area contributed by atoms with E-state index in [2.05, 4.69) is 15.9 Å². The molecule has 2 aromatic carbocycles. The van der Waals surface area contributed by atoms with Gasteiger partial charge in [0.25, 0.3) is 5.91 Å². The quantitative estimate of drug-likeness (QED) is 0.860. The van der Waals surface area contributed by atoms with Gasteiger partial charge in [0, 0.05) is 10.2 Å². The maximum atomic E-state index is 13.7. The molecule has 0 bridgehead atoms. The lowest BCUT2D eigenvalue weighted by Crippen LogP contribution is -2.30. The fourth-order valence-corrected chi connectivity index (χ4v) is 3.09. The van der Waals surface area contributed by atoms with Crippen molar-refractivity contribution in [1.29, 1.82) is 0 Å². The molecule has 1 N–H and O–H groups in total. The average molecular weight is 390 g/mol.